The Morgan fingerprint density at radius 3 is 2.42 bits per heavy atom. The van der Waals surface area contributed by atoms with Crippen LogP contribution in [0.4, 0.5) is 11.6 Å². The lowest BCUT2D eigenvalue weighted by Crippen LogP contribution is -2.45. The summed E-state index contributed by atoms with van der Waals surface area (Å²) in [6, 6.07) is 2.90. The number of amides is 1. The molecule has 1 N–H and O–H groups in total. The summed E-state index contributed by atoms with van der Waals surface area (Å²) in [4.78, 5) is 37.5. The second kappa shape index (κ2) is 7.61. The molecule has 0 atom stereocenters. The average molecular weight is 357 g/mol. The normalized spacial score (nSPS) is 15.1. The Bertz CT molecular complexity index is 833. The molecule has 2 aromatic rings. The number of nitrogens with zero attached hydrogens (tertiary/aromatic N) is 6. The van der Waals surface area contributed by atoms with E-state index < -0.39 is 0 Å². The van der Waals surface area contributed by atoms with Gasteiger partial charge in [0.1, 0.15) is 6.54 Å². The van der Waals surface area contributed by atoms with Gasteiger partial charge in [0.2, 0.25) is 11.9 Å². The molecule has 0 saturated carbocycles. The van der Waals surface area contributed by atoms with Gasteiger partial charge in [-0.1, -0.05) is 0 Å². The molecule has 0 radical (unpaired) electrons. The van der Waals surface area contributed by atoms with Crippen LogP contribution in [0.25, 0.3) is 0 Å². The molecule has 0 aromatic carbocycles. The highest BCUT2D eigenvalue weighted by Gasteiger charge is 2.19. The van der Waals surface area contributed by atoms with Crippen molar-refractivity contribution in [3.63, 3.8) is 0 Å². The van der Waals surface area contributed by atoms with E-state index in [-0.39, 0.29) is 18.0 Å². The van der Waals surface area contributed by atoms with Crippen LogP contribution in [-0.4, -0.2) is 63.8 Å². The number of likely N-dealkylation sites (N-methyl/N-ethyl adjacent to an activating group) is 1. The molecule has 0 bridgehead atoms. The lowest BCUT2D eigenvalue weighted by Gasteiger charge is -2.32. The van der Waals surface area contributed by atoms with Gasteiger partial charge in [0.15, 0.2) is 0 Å². The molecule has 0 spiro atoms. The smallest absolute Gasteiger partial charge is 0.267 e. The first-order valence-corrected chi connectivity index (χ1v) is 8.55. The standard InChI is InChI=1S/C17H23N7O2/c1-12-16(21-14(25)11-24-15(26)5-4-6-18-24)13(2)20-17(19-12)23-9-7-22(3)8-10-23/h4-6H,7-11H2,1-3H3,(H,21,25). The highest BCUT2D eigenvalue weighted by Crippen LogP contribution is 2.21. The SMILES string of the molecule is Cc1nc(N2CCN(C)CC2)nc(C)c1NC(=O)Cn1ncccc1=O. The van der Waals surface area contributed by atoms with Crippen molar-refractivity contribution < 1.29 is 4.79 Å². The van der Waals surface area contributed by atoms with Crippen molar-refractivity contribution >= 4 is 17.5 Å². The Morgan fingerprint density at radius 1 is 1.15 bits per heavy atom. The number of hydrogen-bond donors (Lipinski definition) is 1. The van der Waals surface area contributed by atoms with Crippen LogP contribution in [0.1, 0.15) is 11.4 Å². The number of rotatable bonds is 4. The van der Waals surface area contributed by atoms with Crippen molar-refractivity contribution in [2.24, 2.45) is 0 Å². The number of piperazine rings is 1. The van der Waals surface area contributed by atoms with Crippen LogP contribution >= 0.6 is 0 Å². The summed E-state index contributed by atoms with van der Waals surface area (Å²) in [5, 5.41) is 6.69. The quantitative estimate of drug-likeness (QED) is 0.825. The first-order chi connectivity index (χ1) is 12.4. The fraction of sp³-hybridized carbons (Fsp3) is 0.471. The van der Waals surface area contributed by atoms with Gasteiger partial charge in [-0.2, -0.15) is 5.10 Å². The minimum absolute atomic E-state index is 0.154. The van der Waals surface area contributed by atoms with Crippen LogP contribution in [0.5, 0.6) is 0 Å². The molecule has 1 aliphatic heterocycles. The van der Waals surface area contributed by atoms with Gasteiger partial charge in [-0.25, -0.2) is 14.6 Å². The molecule has 26 heavy (non-hydrogen) atoms. The second-order valence-corrected chi connectivity index (χ2v) is 6.43. The maximum absolute atomic E-state index is 12.3. The molecule has 138 valence electrons. The van der Waals surface area contributed by atoms with Gasteiger partial charge in [0, 0.05) is 38.4 Å². The zero-order valence-electron chi connectivity index (χ0n) is 15.3. The highest BCUT2D eigenvalue weighted by atomic mass is 16.2. The molecule has 3 rings (SSSR count). The monoisotopic (exact) mass is 357 g/mol. The van der Waals surface area contributed by atoms with E-state index in [1.165, 1.54) is 18.3 Å². The van der Waals surface area contributed by atoms with E-state index in [1.54, 1.807) is 0 Å². The van der Waals surface area contributed by atoms with Gasteiger partial charge in [-0.05, 0) is 27.0 Å². The first-order valence-electron chi connectivity index (χ1n) is 8.55. The molecule has 1 saturated heterocycles. The van der Waals surface area contributed by atoms with Crippen LogP contribution < -0.4 is 15.8 Å². The summed E-state index contributed by atoms with van der Waals surface area (Å²) < 4.78 is 1.11. The Kier molecular flexibility index (Phi) is 5.27. The van der Waals surface area contributed by atoms with Crippen LogP contribution in [-0.2, 0) is 11.3 Å². The van der Waals surface area contributed by atoms with Gasteiger partial charge in [-0.3, -0.25) is 9.59 Å². The third-order valence-electron chi connectivity index (χ3n) is 4.39. The predicted octanol–water partition coefficient (Wildman–Crippen LogP) is 0.0406. The summed E-state index contributed by atoms with van der Waals surface area (Å²) in [7, 11) is 2.10. The number of carbonyl (C=O) groups excluding carboxylic acids is 1. The number of aromatic nitrogens is 4. The molecule has 1 amide bonds. The number of aryl methyl sites for hydroxylation is 2. The summed E-state index contributed by atoms with van der Waals surface area (Å²) in [6.45, 7) is 7.23. The summed E-state index contributed by atoms with van der Waals surface area (Å²) >= 11 is 0. The van der Waals surface area contributed by atoms with E-state index in [9.17, 15) is 9.59 Å². The van der Waals surface area contributed by atoms with Gasteiger partial charge in [0.25, 0.3) is 5.56 Å². The summed E-state index contributed by atoms with van der Waals surface area (Å²) in [5.74, 6) is 0.347. The molecule has 3 heterocycles. The fourth-order valence-corrected chi connectivity index (χ4v) is 2.85. The van der Waals surface area contributed by atoms with E-state index >= 15 is 0 Å². The topological polar surface area (TPSA) is 96.2 Å². The average Bonchev–Trinajstić information content (AvgIpc) is 2.60. The lowest BCUT2D eigenvalue weighted by atomic mass is 10.2. The zero-order chi connectivity index (χ0) is 18.7. The first kappa shape index (κ1) is 18.0. The van der Waals surface area contributed by atoms with Crippen molar-refractivity contribution in [2.45, 2.75) is 20.4 Å². The lowest BCUT2D eigenvalue weighted by molar-refractivity contribution is -0.117. The van der Waals surface area contributed by atoms with Crippen LogP contribution in [0.2, 0.25) is 0 Å². The summed E-state index contributed by atoms with van der Waals surface area (Å²) in [6.07, 6.45) is 1.47. The Labute approximate surface area is 151 Å². The second-order valence-electron chi connectivity index (χ2n) is 6.43. The molecule has 1 aliphatic rings. The molecule has 2 aromatic heterocycles. The van der Waals surface area contributed by atoms with E-state index in [4.69, 9.17) is 0 Å². The largest absolute Gasteiger partial charge is 0.338 e. The van der Waals surface area contributed by atoms with Crippen molar-refractivity contribution in [1.29, 1.82) is 0 Å². The van der Waals surface area contributed by atoms with Crippen molar-refractivity contribution in [3.05, 3.63) is 40.1 Å². The Balaban J connectivity index is 1.73. The number of anilines is 2. The minimum atomic E-state index is -0.340. The Hall–Kier alpha value is -2.81. The molecule has 1 fully saturated rings. The van der Waals surface area contributed by atoms with E-state index in [2.05, 4.69) is 37.2 Å². The molecule has 9 heteroatoms. The predicted molar refractivity (Wildman–Crippen MR) is 98.3 cm³/mol. The Morgan fingerprint density at radius 2 is 1.81 bits per heavy atom. The number of carbonyl (C=O) groups is 1. The maximum Gasteiger partial charge on any atom is 0.267 e. The van der Waals surface area contributed by atoms with E-state index in [0.29, 0.717) is 23.0 Å². The third-order valence-corrected chi connectivity index (χ3v) is 4.39. The van der Waals surface area contributed by atoms with E-state index in [0.717, 1.165) is 30.9 Å². The third kappa shape index (κ3) is 4.05. The molecular weight excluding hydrogens is 334 g/mol. The number of nitrogens with one attached hydrogen (secondary N) is 1. The highest BCUT2D eigenvalue weighted by molar-refractivity contribution is 5.91. The van der Waals surface area contributed by atoms with Crippen molar-refractivity contribution in [3.8, 4) is 0 Å². The molecule has 9 nitrogen and oxygen atoms in total. The minimum Gasteiger partial charge on any atom is -0.338 e. The van der Waals surface area contributed by atoms with Gasteiger partial charge >= 0.3 is 0 Å². The molecular formula is C17H23N7O2. The van der Waals surface area contributed by atoms with Crippen molar-refractivity contribution in [1.82, 2.24) is 24.6 Å². The maximum atomic E-state index is 12.3. The fourth-order valence-electron chi connectivity index (χ4n) is 2.85. The summed E-state index contributed by atoms with van der Waals surface area (Å²) in [5.41, 5.74) is 1.66. The van der Waals surface area contributed by atoms with Gasteiger partial charge < -0.3 is 15.1 Å². The number of hydrogen-bond acceptors (Lipinski definition) is 7. The van der Waals surface area contributed by atoms with Gasteiger partial charge in [0.05, 0.1) is 17.1 Å². The van der Waals surface area contributed by atoms with Crippen molar-refractivity contribution in [2.75, 3.05) is 43.4 Å². The zero-order valence-corrected chi connectivity index (χ0v) is 15.3. The molecule has 0 aliphatic carbocycles. The van der Waals surface area contributed by atoms with Crippen LogP contribution in [0, 0.1) is 13.8 Å². The van der Waals surface area contributed by atoms with Crippen LogP contribution in [0.15, 0.2) is 23.1 Å². The molecule has 0 unspecified atom stereocenters. The van der Waals surface area contributed by atoms with Crippen LogP contribution in [0.3, 0.4) is 0 Å². The van der Waals surface area contributed by atoms with Gasteiger partial charge in [-0.15, -0.1) is 0 Å². The van der Waals surface area contributed by atoms with E-state index in [1.807, 2.05) is 13.8 Å².